The summed E-state index contributed by atoms with van der Waals surface area (Å²) in [6, 6.07) is -3.94. The summed E-state index contributed by atoms with van der Waals surface area (Å²) in [6.45, 7) is 4.83. The molecule has 33 heteroatoms. The molecule has 0 saturated carbocycles. The highest BCUT2D eigenvalue weighted by molar-refractivity contribution is 7.98. The zero-order valence-electron chi connectivity index (χ0n) is 48.4. The monoisotopic (exact) mass is 1250 g/mol. The van der Waals surface area contributed by atoms with E-state index < -0.39 is 145 Å². The Hall–Kier alpha value is -7.36. The number of carbonyl (C=O) groups is 12. The minimum atomic E-state index is -1.42. The second kappa shape index (κ2) is 39.3. The number of para-hydroxylation sites is 1. The lowest BCUT2D eigenvalue weighted by molar-refractivity contribution is -0.142. The molecule has 11 amide bonds. The highest BCUT2D eigenvalue weighted by Gasteiger charge is 2.33. The number of unbranched alkanes of at least 4 members (excludes halogenated alkanes) is 1. The highest BCUT2D eigenvalue weighted by Crippen LogP contribution is 2.20. The summed E-state index contributed by atoms with van der Waals surface area (Å²) >= 11 is 9.88. The van der Waals surface area contributed by atoms with Gasteiger partial charge >= 0.3 is 5.97 Å². The van der Waals surface area contributed by atoms with E-state index in [1.807, 2.05) is 6.26 Å². The van der Waals surface area contributed by atoms with E-state index in [1.54, 1.807) is 44.3 Å². The predicted octanol–water partition coefficient (Wildman–Crippen LogP) is -4.56. The maximum Gasteiger partial charge on any atom is 0.326 e. The molecule has 1 heterocycles. The van der Waals surface area contributed by atoms with Crippen molar-refractivity contribution in [2.45, 2.75) is 133 Å². The lowest BCUT2D eigenvalue weighted by Crippen LogP contribution is -2.60. The molecule has 9 atom stereocenters. The third-order valence-electron chi connectivity index (χ3n) is 12.6. The molecule has 21 N–H and O–H groups in total. The van der Waals surface area contributed by atoms with Crippen LogP contribution in [0.25, 0.3) is 10.9 Å². The van der Waals surface area contributed by atoms with Crippen molar-refractivity contribution in [2.24, 2.45) is 23.1 Å². The fourth-order valence-electron chi connectivity index (χ4n) is 7.99. The molecule has 30 nitrogen and oxygen atoms in total. The van der Waals surface area contributed by atoms with Crippen molar-refractivity contribution in [2.75, 3.05) is 56.2 Å². The molecule has 0 aliphatic heterocycles. The van der Waals surface area contributed by atoms with Gasteiger partial charge in [-0.3, -0.25) is 58.1 Å². The largest absolute Gasteiger partial charge is 0.480 e. The molecular formula is C52H85N17O13S3. The van der Waals surface area contributed by atoms with E-state index in [-0.39, 0.29) is 68.5 Å². The number of hydrogen-bond acceptors (Lipinski definition) is 18. The van der Waals surface area contributed by atoms with Gasteiger partial charge in [0.15, 0.2) is 5.96 Å². The number of benzene rings is 1. The average Bonchev–Trinajstić information content (AvgIpc) is 3.43. The molecule has 0 radical (unpaired) electrons. The van der Waals surface area contributed by atoms with E-state index >= 15 is 0 Å². The zero-order chi connectivity index (χ0) is 63.8. The molecule has 0 spiro atoms. The molecule has 0 aliphatic carbocycles. The molecule has 1 aromatic carbocycles. The Kier molecular flexibility index (Phi) is 34.1. The fourth-order valence-corrected chi connectivity index (χ4v) is 8.97. The quantitative estimate of drug-likeness (QED) is 0.0129. The number of nitrogens with one attached hydrogen (secondary N) is 14. The summed E-state index contributed by atoms with van der Waals surface area (Å²) in [5.74, 6) is -10.6. The lowest BCUT2D eigenvalue weighted by Gasteiger charge is -2.27. The Balaban J connectivity index is 2.22. The van der Waals surface area contributed by atoms with Crippen LogP contribution >= 0.6 is 37.0 Å². The SMILES string of the molecule is CSCC[C@H](NC(=O)[C@H](C)N)C(=O)N[C@@H](CS)C(=O)NCC(=O)N[C@@H](C)C(=O)N[C@@H](CCCNC(=N)N)C(=O)N[C@@H](CS)C(=O)N[C@@H](CC(C)C)C(=O)N[C@@H](Cc1c[nH]c2ccccc12)C(=O)NCC(=O)NCC(=O)N[C@@H](CCCCN)C(=O)O. The van der Waals surface area contributed by atoms with E-state index in [0.29, 0.717) is 30.7 Å². The molecular weight excluding hydrogens is 1170 g/mol. The smallest absolute Gasteiger partial charge is 0.326 e. The number of hydrogen-bond donors (Lipinski definition) is 20. The second-order valence-electron chi connectivity index (χ2n) is 20.2. The molecule has 2 rings (SSSR count). The summed E-state index contributed by atoms with van der Waals surface area (Å²) in [5, 5.41) is 47.7. The van der Waals surface area contributed by atoms with Crippen LogP contribution in [0.3, 0.4) is 0 Å². The number of amides is 11. The molecule has 0 unspecified atom stereocenters. The average molecular weight is 1250 g/mol. The van der Waals surface area contributed by atoms with Gasteiger partial charge in [-0.1, -0.05) is 32.0 Å². The molecule has 0 aliphatic rings. The van der Waals surface area contributed by atoms with Crippen LogP contribution < -0.4 is 81.0 Å². The molecule has 0 saturated heterocycles. The summed E-state index contributed by atoms with van der Waals surface area (Å²) in [6.07, 6.45) is 4.80. The van der Waals surface area contributed by atoms with Crippen molar-refractivity contribution in [3.63, 3.8) is 0 Å². The van der Waals surface area contributed by atoms with Gasteiger partial charge in [0.25, 0.3) is 0 Å². The number of thiol groups is 2. The Bertz CT molecular complexity index is 2610. The van der Waals surface area contributed by atoms with Gasteiger partial charge < -0.3 is 91.1 Å². The standard InChI is InChI=1S/C52H85N17O13S3/c1-27(2)19-36(49(79)67-37(20-30-21-58-32-12-7-6-11-31(30)32)45(75)60-22-40(70)59-23-42(72)63-35(51(81)82)13-8-9-16-53)66-50(80)39(26-84)69-47(77)33(14-10-17-57-52(55)56)65-44(74)29(4)62-41(71)24-61-46(76)38(25-83)68-48(78)34(15-18-85-5)64-43(73)28(3)54/h6-7,11-12,21,27-29,33-39,58,83-84H,8-10,13-20,22-26,53-54H2,1-5H3,(H,59,70)(H,60,75)(H,61,76)(H,62,71)(H,63,72)(H,64,73)(H,65,74)(H,66,80)(H,67,79)(H,68,78)(H,69,77)(H,81,82)(H4,55,56,57)/t28-,29-,33-,34-,35-,36-,37-,38-,39-/m0/s1. The van der Waals surface area contributed by atoms with Gasteiger partial charge in [-0.05, 0) is 94.9 Å². The van der Waals surface area contributed by atoms with Gasteiger partial charge in [0, 0.05) is 41.6 Å². The number of thioether (sulfide) groups is 1. The number of nitrogens with two attached hydrogens (primary N) is 3. The molecule has 474 valence electrons. The van der Waals surface area contributed by atoms with Crippen LogP contribution in [-0.4, -0.2) is 198 Å². The van der Waals surface area contributed by atoms with Crippen LogP contribution in [0.2, 0.25) is 0 Å². The van der Waals surface area contributed by atoms with E-state index in [9.17, 15) is 62.6 Å². The predicted molar refractivity (Wildman–Crippen MR) is 326 cm³/mol. The Morgan fingerprint density at radius 3 is 1.68 bits per heavy atom. The van der Waals surface area contributed by atoms with Crippen LogP contribution in [-0.2, 0) is 64.0 Å². The van der Waals surface area contributed by atoms with E-state index in [0.717, 1.165) is 10.9 Å². The first-order chi connectivity index (χ1) is 40.2. The van der Waals surface area contributed by atoms with Gasteiger partial charge in [-0.2, -0.15) is 37.0 Å². The topological polar surface area (TPSA) is 487 Å². The molecule has 1 aromatic heterocycles. The fraction of sp³-hybridized carbons (Fsp3) is 0.596. The molecule has 0 bridgehead atoms. The van der Waals surface area contributed by atoms with Gasteiger partial charge in [0.2, 0.25) is 65.0 Å². The number of carboxylic acids is 1. The van der Waals surface area contributed by atoms with Crippen molar-refractivity contribution in [3.05, 3.63) is 36.0 Å². The number of aromatic amines is 1. The van der Waals surface area contributed by atoms with Crippen LogP contribution in [0.15, 0.2) is 30.5 Å². The summed E-state index contributed by atoms with van der Waals surface area (Å²) < 4.78 is 0. The molecule has 0 fully saturated rings. The Morgan fingerprint density at radius 1 is 0.588 bits per heavy atom. The van der Waals surface area contributed by atoms with E-state index in [4.69, 9.17) is 22.6 Å². The number of fused-ring (bicyclic) bond motifs is 1. The van der Waals surface area contributed by atoms with Crippen LogP contribution in [0.4, 0.5) is 0 Å². The number of aliphatic carboxylic acids is 1. The van der Waals surface area contributed by atoms with Crippen molar-refractivity contribution >= 4 is 125 Å². The number of carboxylic acid groups (broad SMARTS) is 1. The Morgan fingerprint density at radius 2 is 1.09 bits per heavy atom. The number of guanidine groups is 1. The summed E-state index contributed by atoms with van der Waals surface area (Å²) in [4.78, 5) is 161. The van der Waals surface area contributed by atoms with Crippen molar-refractivity contribution in [3.8, 4) is 0 Å². The lowest BCUT2D eigenvalue weighted by atomic mass is 10.0. The molecule has 2 aromatic rings. The normalized spacial score (nSPS) is 14.2. The van der Waals surface area contributed by atoms with Gasteiger partial charge in [-0.25, -0.2) is 4.79 Å². The second-order valence-corrected chi connectivity index (χ2v) is 21.9. The summed E-state index contributed by atoms with van der Waals surface area (Å²) in [5.41, 5.74) is 17.9. The highest BCUT2D eigenvalue weighted by atomic mass is 32.2. The number of rotatable bonds is 40. The first-order valence-corrected chi connectivity index (χ1v) is 30.2. The number of carbonyl (C=O) groups excluding carboxylic acids is 11. The third kappa shape index (κ3) is 27.9. The van der Waals surface area contributed by atoms with Crippen molar-refractivity contribution in [1.29, 1.82) is 5.41 Å². The molecule has 85 heavy (non-hydrogen) atoms. The Labute approximate surface area is 508 Å². The van der Waals surface area contributed by atoms with Crippen molar-refractivity contribution in [1.82, 2.24) is 68.8 Å². The van der Waals surface area contributed by atoms with Crippen LogP contribution in [0.1, 0.15) is 78.2 Å². The van der Waals surface area contributed by atoms with Crippen LogP contribution in [0, 0.1) is 11.3 Å². The van der Waals surface area contributed by atoms with Crippen molar-refractivity contribution < 1.29 is 62.6 Å². The maximum absolute atomic E-state index is 14.3. The van der Waals surface area contributed by atoms with E-state index in [1.165, 1.54) is 25.6 Å². The van der Waals surface area contributed by atoms with Gasteiger partial charge in [-0.15, -0.1) is 0 Å². The number of aromatic nitrogens is 1. The first kappa shape index (κ1) is 73.7. The van der Waals surface area contributed by atoms with E-state index in [2.05, 4.69) is 94.0 Å². The van der Waals surface area contributed by atoms with Gasteiger partial charge in [0.05, 0.1) is 25.7 Å². The zero-order valence-corrected chi connectivity index (χ0v) is 51.0. The van der Waals surface area contributed by atoms with Gasteiger partial charge in [0.1, 0.15) is 48.3 Å². The third-order valence-corrected chi connectivity index (χ3v) is 14.0. The maximum atomic E-state index is 14.3. The minimum absolute atomic E-state index is 0.0305. The first-order valence-electron chi connectivity index (χ1n) is 27.5. The minimum Gasteiger partial charge on any atom is -0.480 e. The van der Waals surface area contributed by atoms with Crippen LogP contribution in [0.5, 0.6) is 0 Å². The summed E-state index contributed by atoms with van der Waals surface area (Å²) in [7, 11) is 0. The number of H-pyrrole nitrogens is 1.